The van der Waals surface area contributed by atoms with Crippen LogP contribution in [0.3, 0.4) is 0 Å². The molecule has 0 aliphatic carbocycles. The second-order valence-electron chi connectivity index (χ2n) is 3.92. The number of nitrogens with one attached hydrogen (secondary N) is 1. The quantitative estimate of drug-likeness (QED) is 0.647. The van der Waals surface area contributed by atoms with Gasteiger partial charge in [-0.1, -0.05) is 24.6 Å². The second kappa shape index (κ2) is 6.40. The first kappa shape index (κ1) is 13.7. The van der Waals surface area contributed by atoms with E-state index >= 15 is 0 Å². The van der Waals surface area contributed by atoms with Crippen LogP contribution in [0.1, 0.15) is 36.3 Å². The molecule has 0 saturated heterocycles. The van der Waals surface area contributed by atoms with Crippen LogP contribution < -0.4 is 5.32 Å². The highest BCUT2D eigenvalue weighted by Crippen LogP contribution is 2.11. The Morgan fingerprint density at radius 3 is 2.94 bits per heavy atom. The SMILES string of the molecule is C=CCC(C)NC(=O)c1cc(Cl)nc(CC)c1. The minimum atomic E-state index is -0.127. The van der Waals surface area contributed by atoms with Crippen molar-refractivity contribution in [2.24, 2.45) is 0 Å². The molecule has 0 bridgehead atoms. The number of amides is 1. The lowest BCUT2D eigenvalue weighted by molar-refractivity contribution is 0.0940. The van der Waals surface area contributed by atoms with Gasteiger partial charge in [-0.2, -0.15) is 0 Å². The second-order valence-corrected chi connectivity index (χ2v) is 4.31. The molecule has 1 N–H and O–H groups in total. The molecule has 4 heteroatoms. The van der Waals surface area contributed by atoms with E-state index in [-0.39, 0.29) is 11.9 Å². The summed E-state index contributed by atoms with van der Waals surface area (Å²) in [6.45, 7) is 7.55. The Morgan fingerprint density at radius 1 is 1.65 bits per heavy atom. The highest BCUT2D eigenvalue weighted by Gasteiger charge is 2.10. The molecule has 1 amide bonds. The van der Waals surface area contributed by atoms with Crippen molar-refractivity contribution in [2.75, 3.05) is 0 Å². The Hall–Kier alpha value is -1.35. The number of pyridine rings is 1. The number of carbonyl (C=O) groups is 1. The van der Waals surface area contributed by atoms with Gasteiger partial charge < -0.3 is 5.32 Å². The van der Waals surface area contributed by atoms with Crippen LogP contribution >= 0.6 is 11.6 Å². The average molecular weight is 253 g/mol. The molecule has 0 spiro atoms. The molecule has 0 aliphatic rings. The van der Waals surface area contributed by atoms with Crippen LogP contribution in [0.25, 0.3) is 0 Å². The predicted molar refractivity (Wildman–Crippen MR) is 70.4 cm³/mol. The Balaban J connectivity index is 2.81. The monoisotopic (exact) mass is 252 g/mol. The Kier molecular flexibility index (Phi) is 5.16. The number of carbonyl (C=O) groups excluding carboxylic acids is 1. The summed E-state index contributed by atoms with van der Waals surface area (Å²) in [6.07, 6.45) is 3.27. The molecule has 1 unspecified atom stereocenters. The van der Waals surface area contributed by atoms with E-state index in [4.69, 9.17) is 11.6 Å². The van der Waals surface area contributed by atoms with Crippen LogP contribution in [0.5, 0.6) is 0 Å². The summed E-state index contributed by atoms with van der Waals surface area (Å²) in [7, 11) is 0. The first-order chi connectivity index (χ1) is 8.06. The van der Waals surface area contributed by atoms with Gasteiger partial charge in [0.25, 0.3) is 5.91 Å². The number of aryl methyl sites for hydroxylation is 1. The Morgan fingerprint density at radius 2 is 2.35 bits per heavy atom. The molecule has 1 heterocycles. The summed E-state index contributed by atoms with van der Waals surface area (Å²) in [5.41, 5.74) is 1.37. The third-order valence-corrected chi connectivity index (χ3v) is 2.56. The van der Waals surface area contributed by atoms with Gasteiger partial charge in [-0.15, -0.1) is 6.58 Å². The predicted octanol–water partition coefficient (Wildman–Crippen LogP) is 2.99. The fourth-order valence-corrected chi connectivity index (χ4v) is 1.71. The fourth-order valence-electron chi connectivity index (χ4n) is 1.48. The van der Waals surface area contributed by atoms with E-state index in [1.165, 1.54) is 0 Å². The Labute approximate surface area is 107 Å². The lowest BCUT2D eigenvalue weighted by atomic mass is 10.1. The van der Waals surface area contributed by atoms with Gasteiger partial charge in [0.15, 0.2) is 0 Å². The van der Waals surface area contributed by atoms with Crippen molar-refractivity contribution in [2.45, 2.75) is 32.7 Å². The van der Waals surface area contributed by atoms with Crippen LogP contribution in [0.4, 0.5) is 0 Å². The van der Waals surface area contributed by atoms with Crippen LogP contribution in [0.15, 0.2) is 24.8 Å². The van der Waals surface area contributed by atoms with Crippen molar-refractivity contribution >= 4 is 17.5 Å². The lowest BCUT2D eigenvalue weighted by Gasteiger charge is -2.12. The van der Waals surface area contributed by atoms with Crippen LogP contribution in [0.2, 0.25) is 5.15 Å². The topological polar surface area (TPSA) is 42.0 Å². The third-order valence-electron chi connectivity index (χ3n) is 2.37. The molecule has 0 saturated carbocycles. The zero-order valence-corrected chi connectivity index (χ0v) is 10.9. The molecular formula is C13H17ClN2O. The number of halogens is 1. The fraction of sp³-hybridized carbons (Fsp3) is 0.385. The molecular weight excluding hydrogens is 236 g/mol. The van der Waals surface area contributed by atoms with E-state index in [0.29, 0.717) is 10.7 Å². The molecule has 1 rings (SSSR count). The highest BCUT2D eigenvalue weighted by molar-refractivity contribution is 6.29. The third kappa shape index (κ3) is 4.19. The first-order valence-electron chi connectivity index (χ1n) is 5.65. The van der Waals surface area contributed by atoms with Gasteiger partial charge in [0.2, 0.25) is 0 Å². The van der Waals surface area contributed by atoms with E-state index in [1.54, 1.807) is 18.2 Å². The minimum absolute atomic E-state index is 0.0667. The van der Waals surface area contributed by atoms with Crippen molar-refractivity contribution in [1.82, 2.24) is 10.3 Å². The molecule has 0 radical (unpaired) electrons. The van der Waals surface area contributed by atoms with Crippen molar-refractivity contribution in [1.29, 1.82) is 0 Å². The van der Waals surface area contributed by atoms with Crippen molar-refractivity contribution in [3.63, 3.8) is 0 Å². The maximum Gasteiger partial charge on any atom is 0.251 e. The number of aromatic nitrogens is 1. The maximum absolute atomic E-state index is 11.9. The minimum Gasteiger partial charge on any atom is -0.349 e. The summed E-state index contributed by atoms with van der Waals surface area (Å²) in [6, 6.07) is 3.41. The summed E-state index contributed by atoms with van der Waals surface area (Å²) >= 11 is 5.86. The maximum atomic E-state index is 11.9. The molecule has 17 heavy (non-hydrogen) atoms. The summed E-state index contributed by atoms with van der Waals surface area (Å²) < 4.78 is 0. The van der Waals surface area contributed by atoms with Gasteiger partial charge in [-0.25, -0.2) is 4.98 Å². The summed E-state index contributed by atoms with van der Waals surface area (Å²) in [5, 5.41) is 3.23. The standard InChI is InChI=1S/C13H17ClN2O/c1-4-6-9(3)15-13(17)10-7-11(5-2)16-12(14)8-10/h4,7-9H,1,5-6H2,2-3H3,(H,15,17). The molecule has 1 aromatic heterocycles. The van der Waals surface area contributed by atoms with Gasteiger partial charge in [0.05, 0.1) is 0 Å². The van der Waals surface area contributed by atoms with Crippen molar-refractivity contribution in [3.8, 4) is 0 Å². The van der Waals surface area contributed by atoms with Crippen LogP contribution in [0, 0.1) is 0 Å². The van der Waals surface area contributed by atoms with Gasteiger partial charge in [-0.3, -0.25) is 4.79 Å². The van der Waals surface area contributed by atoms with Crippen molar-refractivity contribution < 1.29 is 4.79 Å². The largest absolute Gasteiger partial charge is 0.349 e. The molecule has 3 nitrogen and oxygen atoms in total. The first-order valence-corrected chi connectivity index (χ1v) is 6.02. The molecule has 1 atom stereocenters. The number of hydrogen-bond donors (Lipinski definition) is 1. The van der Waals surface area contributed by atoms with E-state index in [0.717, 1.165) is 18.5 Å². The Bertz CT molecular complexity index is 418. The smallest absolute Gasteiger partial charge is 0.251 e. The molecule has 1 aromatic rings. The zero-order chi connectivity index (χ0) is 12.8. The molecule has 0 aromatic carbocycles. The van der Waals surface area contributed by atoms with Gasteiger partial charge in [0, 0.05) is 17.3 Å². The summed E-state index contributed by atoms with van der Waals surface area (Å²) in [4.78, 5) is 16.0. The van der Waals surface area contributed by atoms with E-state index < -0.39 is 0 Å². The van der Waals surface area contributed by atoms with Gasteiger partial charge in [-0.05, 0) is 31.9 Å². The summed E-state index contributed by atoms with van der Waals surface area (Å²) in [5.74, 6) is -0.127. The highest BCUT2D eigenvalue weighted by atomic mass is 35.5. The number of rotatable bonds is 5. The molecule has 0 fully saturated rings. The normalized spacial score (nSPS) is 11.9. The van der Waals surface area contributed by atoms with E-state index in [1.807, 2.05) is 13.8 Å². The molecule has 92 valence electrons. The molecule has 0 aliphatic heterocycles. The number of hydrogen-bond acceptors (Lipinski definition) is 2. The average Bonchev–Trinajstić information content (AvgIpc) is 2.28. The van der Waals surface area contributed by atoms with Crippen LogP contribution in [-0.4, -0.2) is 16.9 Å². The van der Waals surface area contributed by atoms with Gasteiger partial charge in [0.1, 0.15) is 5.15 Å². The van der Waals surface area contributed by atoms with E-state index in [2.05, 4.69) is 16.9 Å². The van der Waals surface area contributed by atoms with E-state index in [9.17, 15) is 4.79 Å². The van der Waals surface area contributed by atoms with Crippen LogP contribution in [-0.2, 0) is 6.42 Å². The van der Waals surface area contributed by atoms with Crippen molar-refractivity contribution in [3.05, 3.63) is 41.2 Å². The lowest BCUT2D eigenvalue weighted by Crippen LogP contribution is -2.32. The zero-order valence-electron chi connectivity index (χ0n) is 10.2. The van der Waals surface area contributed by atoms with Gasteiger partial charge >= 0.3 is 0 Å². The number of nitrogens with zero attached hydrogens (tertiary/aromatic N) is 1.